The predicted molar refractivity (Wildman–Crippen MR) is 82.1 cm³/mol. The van der Waals surface area contributed by atoms with Gasteiger partial charge in [0.2, 0.25) is 0 Å². The van der Waals surface area contributed by atoms with Crippen LogP contribution >= 0.6 is 15.9 Å². The first-order valence-corrected chi connectivity index (χ1v) is 7.54. The lowest BCUT2D eigenvalue weighted by molar-refractivity contribution is 0.362. The van der Waals surface area contributed by atoms with E-state index >= 15 is 0 Å². The molecule has 19 heavy (non-hydrogen) atoms. The van der Waals surface area contributed by atoms with Gasteiger partial charge in [-0.15, -0.1) is 6.42 Å². The molecule has 0 amide bonds. The number of hydrogen-bond donors (Lipinski definition) is 1. The standard InChI is InChI=1S/C16H20BrNO/c1-3-9-19-15-6-5-14(17)10-13(15)11-18-12-16(4-2)7-8-16/h1,5-6,10,18H,4,7-9,11-12H2,2H3. The molecule has 1 N–H and O–H groups in total. The molecule has 0 aromatic heterocycles. The maximum Gasteiger partial charge on any atom is 0.148 e. The summed E-state index contributed by atoms with van der Waals surface area (Å²) in [4.78, 5) is 0. The average Bonchev–Trinajstić information content (AvgIpc) is 3.18. The topological polar surface area (TPSA) is 21.3 Å². The van der Waals surface area contributed by atoms with E-state index in [1.807, 2.05) is 12.1 Å². The molecule has 0 spiro atoms. The van der Waals surface area contributed by atoms with Gasteiger partial charge in [0, 0.05) is 23.1 Å². The second-order valence-electron chi connectivity index (χ2n) is 5.20. The summed E-state index contributed by atoms with van der Waals surface area (Å²) in [5.74, 6) is 3.37. The molecule has 0 aliphatic heterocycles. The van der Waals surface area contributed by atoms with Gasteiger partial charge < -0.3 is 10.1 Å². The first kappa shape index (κ1) is 14.4. The minimum atomic E-state index is 0.313. The fraction of sp³-hybridized carbons (Fsp3) is 0.500. The van der Waals surface area contributed by atoms with Crippen LogP contribution in [0.5, 0.6) is 5.75 Å². The van der Waals surface area contributed by atoms with Gasteiger partial charge in [0.1, 0.15) is 12.4 Å². The number of rotatable bonds is 7. The molecule has 0 radical (unpaired) electrons. The Hall–Kier alpha value is -0.980. The van der Waals surface area contributed by atoms with E-state index in [2.05, 4.69) is 40.2 Å². The summed E-state index contributed by atoms with van der Waals surface area (Å²) in [6.07, 6.45) is 9.22. The van der Waals surface area contributed by atoms with Crippen molar-refractivity contribution in [3.8, 4) is 18.1 Å². The molecular weight excluding hydrogens is 302 g/mol. The van der Waals surface area contributed by atoms with E-state index in [-0.39, 0.29) is 0 Å². The van der Waals surface area contributed by atoms with Gasteiger partial charge >= 0.3 is 0 Å². The lowest BCUT2D eigenvalue weighted by Crippen LogP contribution is -2.23. The third-order valence-corrected chi connectivity index (χ3v) is 4.35. The number of terminal acetylenes is 1. The van der Waals surface area contributed by atoms with Gasteiger partial charge in [-0.25, -0.2) is 0 Å². The van der Waals surface area contributed by atoms with Crippen molar-refractivity contribution in [2.45, 2.75) is 32.7 Å². The smallest absolute Gasteiger partial charge is 0.148 e. The van der Waals surface area contributed by atoms with E-state index in [9.17, 15) is 0 Å². The summed E-state index contributed by atoms with van der Waals surface area (Å²) in [6, 6.07) is 6.03. The molecule has 1 aliphatic rings. The monoisotopic (exact) mass is 321 g/mol. The highest BCUT2D eigenvalue weighted by molar-refractivity contribution is 9.10. The Morgan fingerprint density at radius 3 is 2.89 bits per heavy atom. The molecule has 2 nitrogen and oxygen atoms in total. The highest BCUT2D eigenvalue weighted by atomic mass is 79.9. The Balaban J connectivity index is 1.94. The summed E-state index contributed by atoms with van der Waals surface area (Å²) < 4.78 is 6.63. The van der Waals surface area contributed by atoms with E-state index in [1.165, 1.54) is 19.3 Å². The summed E-state index contributed by atoms with van der Waals surface area (Å²) in [6.45, 7) is 4.49. The molecule has 0 unspecified atom stereocenters. The first-order chi connectivity index (χ1) is 9.19. The van der Waals surface area contributed by atoms with Crippen molar-refractivity contribution in [2.24, 2.45) is 5.41 Å². The van der Waals surface area contributed by atoms with Crippen LogP contribution in [0.2, 0.25) is 0 Å². The Labute approximate surface area is 124 Å². The number of hydrogen-bond acceptors (Lipinski definition) is 2. The van der Waals surface area contributed by atoms with Crippen molar-refractivity contribution in [1.82, 2.24) is 5.32 Å². The summed E-state index contributed by atoms with van der Waals surface area (Å²) in [5, 5.41) is 3.55. The van der Waals surface area contributed by atoms with Crippen molar-refractivity contribution in [1.29, 1.82) is 0 Å². The zero-order valence-electron chi connectivity index (χ0n) is 11.3. The molecule has 1 fully saturated rings. The van der Waals surface area contributed by atoms with E-state index in [0.717, 1.165) is 28.9 Å². The number of halogens is 1. The average molecular weight is 322 g/mol. The van der Waals surface area contributed by atoms with Gasteiger partial charge in [0.25, 0.3) is 0 Å². The zero-order chi connectivity index (χ0) is 13.7. The van der Waals surface area contributed by atoms with Crippen molar-refractivity contribution in [3.63, 3.8) is 0 Å². The zero-order valence-corrected chi connectivity index (χ0v) is 12.9. The quantitative estimate of drug-likeness (QED) is 0.772. The molecule has 102 valence electrons. The van der Waals surface area contributed by atoms with Gasteiger partial charge in [-0.05, 0) is 42.9 Å². The van der Waals surface area contributed by atoms with Crippen LogP contribution in [0.4, 0.5) is 0 Å². The molecular formula is C16H20BrNO. The Morgan fingerprint density at radius 1 is 1.47 bits per heavy atom. The van der Waals surface area contributed by atoms with Gasteiger partial charge in [0.05, 0.1) is 0 Å². The van der Waals surface area contributed by atoms with Crippen LogP contribution in [0.3, 0.4) is 0 Å². The Kier molecular flexibility index (Phi) is 4.90. The van der Waals surface area contributed by atoms with E-state index < -0.39 is 0 Å². The normalized spacial score (nSPS) is 15.8. The van der Waals surface area contributed by atoms with Gasteiger partial charge in [-0.3, -0.25) is 0 Å². The minimum Gasteiger partial charge on any atom is -0.481 e. The SMILES string of the molecule is C#CCOc1ccc(Br)cc1CNCC1(CC)CC1. The second-order valence-corrected chi connectivity index (χ2v) is 6.12. The fourth-order valence-corrected chi connectivity index (χ4v) is 2.65. The van der Waals surface area contributed by atoms with Crippen molar-refractivity contribution < 1.29 is 4.74 Å². The highest BCUT2D eigenvalue weighted by Crippen LogP contribution is 2.47. The van der Waals surface area contributed by atoms with Crippen LogP contribution < -0.4 is 10.1 Å². The largest absolute Gasteiger partial charge is 0.481 e. The van der Waals surface area contributed by atoms with Crippen LogP contribution in [0.15, 0.2) is 22.7 Å². The van der Waals surface area contributed by atoms with Crippen LogP contribution in [0.25, 0.3) is 0 Å². The van der Waals surface area contributed by atoms with Gasteiger partial charge in [-0.2, -0.15) is 0 Å². The lowest BCUT2D eigenvalue weighted by Gasteiger charge is -2.15. The third-order valence-electron chi connectivity index (χ3n) is 3.86. The van der Waals surface area contributed by atoms with Crippen molar-refractivity contribution in [2.75, 3.05) is 13.2 Å². The maximum atomic E-state index is 5.57. The molecule has 1 aromatic rings. The predicted octanol–water partition coefficient (Wildman–Crippen LogP) is 3.74. The minimum absolute atomic E-state index is 0.313. The maximum absolute atomic E-state index is 5.57. The number of ether oxygens (including phenoxy) is 1. The molecule has 1 aliphatic carbocycles. The summed E-state index contributed by atoms with van der Waals surface area (Å²) in [7, 11) is 0. The molecule has 0 heterocycles. The molecule has 0 atom stereocenters. The molecule has 2 rings (SSSR count). The Bertz CT molecular complexity index is 474. The van der Waals surface area contributed by atoms with Gasteiger partial charge in [0.15, 0.2) is 0 Å². The summed E-state index contributed by atoms with van der Waals surface area (Å²) >= 11 is 3.50. The Morgan fingerprint density at radius 2 is 2.26 bits per heavy atom. The third kappa shape index (κ3) is 3.99. The van der Waals surface area contributed by atoms with Gasteiger partial charge in [-0.1, -0.05) is 28.8 Å². The second kappa shape index (κ2) is 6.45. The fourth-order valence-electron chi connectivity index (χ4n) is 2.24. The van der Waals surface area contributed by atoms with E-state index in [4.69, 9.17) is 11.2 Å². The molecule has 1 saturated carbocycles. The lowest BCUT2D eigenvalue weighted by atomic mass is 10.0. The summed E-state index contributed by atoms with van der Waals surface area (Å²) in [5.41, 5.74) is 1.71. The van der Waals surface area contributed by atoms with E-state index in [1.54, 1.807) is 0 Å². The van der Waals surface area contributed by atoms with Crippen molar-refractivity contribution >= 4 is 15.9 Å². The van der Waals surface area contributed by atoms with Crippen LogP contribution in [0, 0.1) is 17.8 Å². The molecule has 0 saturated heterocycles. The number of nitrogens with one attached hydrogen (secondary N) is 1. The van der Waals surface area contributed by atoms with Crippen LogP contribution in [-0.2, 0) is 6.54 Å². The molecule has 3 heteroatoms. The van der Waals surface area contributed by atoms with Crippen molar-refractivity contribution in [3.05, 3.63) is 28.2 Å². The molecule has 0 bridgehead atoms. The highest BCUT2D eigenvalue weighted by Gasteiger charge is 2.39. The number of benzene rings is 1. The van der Waals surface area contributed by atoms with Crippen LogP contribution in [0.1, 0.15) is 31.7 Å². The van der Waals surface area contributed by atoms with Crippen LogP contribution in [-0.4, -0.2) is 13.2 Å². The first-order valence-electron chi connectivity index (χ1n) is 6.74. The van der Waals surface area contributed by atoms with E-state index in [0.29, 0.717) is 12.0 Å². The molecule has 1 aromatic carbocycles.